The summed E-state index contributed by atoms with van der Waals surface area (Å²) in [5.41, 5.74) is -1.05. The average Bonchev–Trinajstić information content (AvgIpc) is 2.53. The number of carbonyl (C=O) groups excluding carboxylic acids is 2. The van der Waals surface area contributed by atoms with Gasteiger partial charge < -0.3 is 15.4 Å². The van der Waals surface area contributed by atoms with Gasteiger partial charge in [0.1, 0.15) is 5.60 Å². The molecule has 26 heavy (non-hydrogen) atoms. The highest BCUT2D eigenvalue weighted by atomic mass is 19.2. The van der Waals surface area contributed by atoms with Crippen LogP contribution < -0.4 is 10.6 Å². The van der Waals surface area contributed by atoms with Gasteiger partial charge in [0.15, 0.2) is 11.6 Å². The lowest BCUT2D eigenvalue weighted by atomic mass is 9.86. The van der Waals surface area contributed by atoms with Gasteiger partial charge in [0.2, 0.25) is 5.91 Å². The van der Waals surface area contributed by atoms with E-state index in [1.54, 1.807) is 34.6 Å². The highest BCUT2D eigenvalue weighted by molar-refractivity contribution is 5.83. The number of carbonyl (C=O) groups is 2. The summed E-state index contributed by atoms with van der Waals surface area (Å²) in [5, 5.41) is 5.40. The predicted octanol–water partition coefficient (Wildman–Crippen LogP) is 4.08. The van der Waals surface area contributed by atoms with Gasteiger partial charge in [-0.25, -0.2) is 13.6 Å². The number of alkyl carbamates (subject to hydrolysis) is 1. The topological polar surface area (TPSA) is 67.4 Å². The SMILES string of the molecule is CC[C@](C)(CNC(=O)OC(C)(C)C)C(=O)N[C@@H](C)c1ccc(F)c(F)c1. The first-order valence-electron chi connectivity index (χ1n) is 8.60. The van der Waals surface area contributed by atoms with Crippen LogP contribution in [0.4, 0.5) is 13.6 Å². The Kier molecular flexibility index (Phi) is 7.12. The lowest BCUT2D eigenvalue weighted by Gasteiger charge is -2.30. The Morgan fingerprint density at radius 2 is 1.77 bits per heavy atom. The van der Waals surface area contributed by atoms with Gasteiger partial charge in [0, 0.05) is 6.54 Å². The molecule has 0 fully saturated rings. The molecule has 0 spiro atoms. The number of hydrogen-bond acceptors (Lipinski definition) is 3. The van der Waals surface area contributed by atoms with Crippen LogP contribution in [0.25, 0.3) is 0 Å². The van der Waals surface area contributed by atoms with Crippen LogP contribution in [-0.2, 0) is 9.53 Å². The highest BCUT2D eigenvalue weighted by Crippen LogP contribution is 2.23. The fourth-order valence-electron chi connectivity index (χ4n) is 2.18. The summed E-state index contributed by atoms with van der Waals surface area (Å²) in [6.45, 7) is 10.6. The first-order chi connectivity index (χ1) is 11.9. The number of benzene rings is 1. The number of halogens is 2. The zero-order valence-electron chi connectivity index (χ0n) is 16.2. The molecule has 7 heteroatoms. The third-order valence-corrected chi connectivity index (χ3v) is 4.14. The second-order valence-corrected chi connectivity index (χ2v) is 7.64. The molecule has 0 heterocycles. The minimum absolute atomic E-state index is 0.0920. The Labute approximate surface area is 153 Å². The molecule has 0 aliphatic rings. The summed E-state index contributed by atoms with van der Waals surface area (Å²) in [4.78, 5) is 24.5. The molecular formula is C19H28F2N2O3. The maximum Gasteiger partial charge on any atom is 0.407 e. The number of rotatable bonds is 6. The fraction of sp³-hybridized carbons (Fsp3) is 0.579. The van der Waals surface area contributed by atoms with E-state index in [0.717, 1.165) is 12.1 Å². The largest absolute Gasteiger partial charge is 0.444 e. The van der Waals surface area contributed by atoms with Crippen LogP contribution in [0, 0.1) is 17.0 Å². The Hall–Kier alpha value is -2.18. The highest BCUT2D eigenvalue weighted by Gasteiger charge is 2.33. The van der Waals surface area contributed by atoms with E-state index in [2.05, 4.69) is 10.6 Å². The van der Waals surface area contributed by atoms with Gasteiger partial charge in [-0.15, -0.1) is 0 Å². The van der Waals surface area contributed by atoms with Crippen molar-refractivity contribution in [2.45, 2.75) is 59.6 Å². The zero-order chi connectivity index (χ0) is 20.1. The van der Waals surface area contributed by atoms with Crippen LogP contribution in [0.5, 0.6) is 0 Å². The summed E-state index contributed by atoms with van der Waals surface area (Å²) in [6.07, 6.45) is -0.127. The maximum absolute atomic E-state index is 13.4. The number of hydrogen-bond donors (Lipinski definition) is 2. The Bertz CT molecular complexity index is 659. The van der Waals surface area contributed by atoms with Gasteiger partial charge in [0.25, 0.3) is 0 Å². The molecule has 146 valence electrons. The van der Waals surface area contributed by atoms with Crippen molar-refractivity contribution in [3.63, 3.8) is 0 Å². The van der Waals surface area contributed by atoms with Crippen molar-refractivity contribution in [3.05, 3.63) is 35.4 Å². The van der Waals surface area contributed by atoms with Gasteiger partial charge in [-0.3, -0.25) is 4.79 Å². The van der Waals surface area contributed by atoms with E-state index < -0.39 is 34.8 Å². The standard InChI is InChI=1S/C19H28F2N2O3/c1-7-19(6,11-22-17(25)26-18(3,4)5)16(24)23-12(2)13-8-9-14(20)15(21)10-13/h8-10,12H,7,11H2,1-6H3,(H,22,25)(H,23,24)/t12-,19+/m0/s1. The van der Waals surface area contributed by atoms with E-state index in [-0.39, 0.29) is 12.5 Å². The van der Waals surface area contributed by atoms with Crippen molar-refractivity contribution in [1.82, 2.24) is 10.6 Å². The van der Waals surface area contributed by atoms with Crippen molar-refractivity contribution in [2.24, 2.45) is 5.41 Å². The summed E-state index contributed by atoms with van der Waals surface area (Å²) in [5.74, 6) is -2.20. The first-order valence-corrected chi connectivity index (χ1v) is 8.60. The molecule has 0 unspecified atom stereocenters. The second kappa shape index (κ2) is 8.47. The van der Waals surface area contributed by atoms with Gasteiger partial charge in [-0.1, -0.05) is 13.0 Å². The van der Waals surface area contributed by atoms with Gasteiger partial charge in [-0.05, 0) is 58.7 Å². The molecule has 5 nitrogen and oxygen atoms in total. The van der Waals surface area contributed by atoms with Crippen LogP contribution in [0.2, 0.25) is 0 Å². The predicted molar refractivity (Wildman–Crippen MR) is 95.6 cm³/mol. The monoisotopic (exact) mass is 370 g/mol. The molecule has 0 saturated carbocycles. The van der Waals surface area contributed by atoms with Crippen molar-refractivity contribution < 1.29 is 23.1 Å². The van der Waals surface area contributed by atoms with E-state index in [9.17, 15) is 18.4 Å². The van der Waals surface area contributed by atoms with Crippen molar-refractivity contribution >= 4 is 12.0 Å². The van der Waals surface area contributed by atoms with E-state index in [1.165, 1.54) is 6.07 Å². The minimum Gasteiger partial charge on any atom is -0.444 e. The smallest absolute Gasteiger partial charge is 0.407 e. The normalized spacial score (nSPS) is 14.9. The molecule has 2 amide bonds. The lowest BCUT2D eigenvalue weighted by Crippen LogP contribution is -2.47. The van der Waals surface area contributed by atoms with Gasteiger partial charge in [0.05, 0.1) is 11.5 Å². The Morgan fingerprint density at radius 1 is 1.15 bits per heavy atom. The molecule has 0 aliphatic carbocycles. The van der Waals surface area contributed by atoms with Gasteiger partial charge in [-0.2, -0.15) is 0 Å². The van der Waals surface area contributed by atoms with Crippen LogP contribution in [-0.4, -0.2) is 24.1 Å². The maximum atomic E-state index is 13.4. The summed E-state index contributed by atoms with van der Waals surface area (Å²) in [7, 11) is 0. The first kappa shape index (κ1) is 21.9. The molecule has 1 aromatic rings. The number of nitrogens with one attached hydrogen (secondary N) is 2. The van der Waals surface area contributed by atoms with Crippen molar-refractivity contribution in [1.29, 1.82) is 0 Å². The number of ether oxygens (including phenoxy) is 1. The van der Waals surface area contributed by atoms with E-state index in [0.29, 0.717) is 12.0 Å². The van der Waals surface area contributed by atoms with Crippen LogP contribution in [0.3, 0.4) is 0 Å². The molecular weight excluding hydrogens is 342 g/mol. The lowest BCUT2D eigenvalue weighted by molar-refractivity contribution is -0.130. The number of amides is 2. The summed E-state index contributed by atoms with van der Waals surface area (Å²) < 4.78 is 31.6. The fourth-order valence-corrected chi connectivity index (χ4v) is 2.18. The molecule has 1 rings (SSSR count). The molecule has 0 aliphatic heterocycles. The van der Waals surface area contributed by atoms with Crippen LogP contribution in [0.15, 0.2) is 18.2 Å². The Morgan fingerprint density at radius 3 is 2.27 bits per heavy atom. The molecule has 2 N–H and O–H groups in total. The molecule has 0 radical (unpaired) electrons. The van der Waals surface area contributed by atoms with Gasteiger partial charge >= 0.3 is 6.09 Å². The summed E-state index contributed by atoms with van der Waals surface area (Å²) >= 11 is 0. The third-order valence-electron chi connectivity index (χ3n) is 4.14. The molecule has 0 aromatic heterocycles. The van der Waals surface area contributed by atoms with Crippen molar-refractivity contribution in [3.8, 4) is 0 Å². The summed E-state index contributed by atoms with van der Waals surface area (Å²) in [6, 6.07) is 3.00. The zero-order valence-corrected chi connectivity index (χ0v) is 16.2. The van der Waals surface area contributed by atoms with E-state index >= 15 is 0 Å². The van der Waals surface area contributed by atoms with E-state index in [1.807, 2.05) is 6.92 Å². The Balaban J connectivity index is 2.74. The van der Waals surface area contributed by atoms with E-state index in [4.69, 9.17) is 4.74 Å². The van der Waals surface area contributed by atoms with Crippen LogP contribution in [0.1, 0.15) is 59.6 Å². The average molecular weight is 370 g/mol. The molecule has 1 aromatic carbocycles. The van der Waals surface area contributed by atoms with Crippen LogP contribution >= 0.6 is 0 Å². The molecule has 2 atom stereocenters. The third kappa shape index (κ3) is 6.28. The molecule has 0 bridgehead atoms. The van der Waals surface area contributed by atoms with Crippen molar-refractivity contribution in [2.75, 3.05) is 6.54 Å². The quantitative estimate of drug-likeness (QED) is 0.793. The molecule has 0 saturated heterocycles. The minimum atomic E-state index is -0.964. The second-order valence-electron chi connectivity index (χ2n) is 7.64.